The molecule has 2 aromatic rings. The number of halogens is 2. The molecule has 0 aliphatic rings. The van der Waals surface area contributed by atoms with Crippen LogP contribution in [-0.4, -0.2) is 28.3 Å². The van der Waals surface area contributed by atoms with Crippen LogP contribution in [0.3, 0.4) is 0 Å². The molecule has 156 valence electrons. The van der Waals surface area contributed by atoms with E-state index in [1.54, 1.807) is 30.0 Å². The fraction of sp³-hybridized carbons (Fsp3) is 0.391. The molecule has 1 N–H and O–H groups in total. The van der Waals surface area contributed by atoms with Gasteiger partial charge in [-0.05, 0) is 63.4 Å². The molecular formula is C23H28Cl2N2O2. The molecule has 2 rings (SSSR count). The summed E-state index contributed by atoms with van der Waals surface area (Å²) in [7, 11) is 0. The number of benzene rings is 2. The molecule has 0 fully saturated rings. The molecule has 0 saturated heterocycles. The van der Waals surface area contributed by atoms with Gasteiger partial charge in [0, 0.05) is 22.1 Å². The van der Waals surface area contributed by atoms with Gasteiger partial charge in [0.1, 0.15) is 6.04 Å². The summed E-state index contributed by atoms with van der Waals surface area (Å²) in [6.45, 7) is 9.79. The van der Waals surface area contributed by atoms with Gasteiger partial charge in [-0.25, -0.2) is 0 Å². The largest absolute Gasteiger partial charge is 0.350 e. The average molecular weight is 435 g/mol. The monoisotopic (exact) mass is 434 g/mol. The molecule has 4 nitrogen and oxygen atoms in total. The Kier molecular flexibility index (Phi) is 7.73. The number of hydrogen-bond acceptors (Lipinski definition) is 2. The van der Waals surface area contributed by atoms with Crippen LogP contribution in [0.15, 0.2) is 42.5 Å². The van der Waals surface area contributed by atoms with Crippen molar-refractivity contribution in [1.29, 1.82) is 0 Å². The number of carbonyl (C=O) groups is 2. The Hall–Kier alpha value is -2.04. The van der Waals surface area contributed by atoms with Crippen LogP contribution in [0.5, 0.6) is 0 Å². The highest BCUT2D eigenvalue weighted by atomic mass is 35.5. The lowest BCUT2D eigenvalue weighted by molar-refractivity contribution is -0.140. The molecule has 0 radical (unpaired) electrons. The minimum atomic E-state index is -0.650. The van der Waals surface area contributed by atoms with Crippen molar-refractivity contribution in [3.63, 3.8) is 0 Å². The normalized spacial score (nSPS) is 12.4. The maximum Gasteiger partial charge on any atom is 0.242 e. The first kappa shape index (κ1) is 23.2. The molecule has 6 heteroatoms. The van der Waals surface area contributed by atoms with Crippen molar-refractivity contribution < 1.29 is 9.59 Å². The van der Waals surface area contributed by atoms with Gasteiger partial charge in [-0.15, -0.1) is 0 Å². The summed E-state index contributed by atoms with van der Waals surface area (Å²) >= 11 is 12.5. The van der Waals surface area contributed by atoms with E-state index in [2.05, 4.69) is 5.32 Å². The van der Waals surface area contributed by atoms with Gasteiger partial charge in [-0.3, -0.25) is 9.59 Å². The van der Waals surface area contributed by atoms with E-state index in [1.807, 2.05) is 52.0 Å². The maximum absolute atomic E-state index is 13.3. The predicted molar refractivity (Wildman–Crippen MR) is 119 cm³/mol. The smallest absolute Gasteiger partial charge is 0.242 e. The minimum Gasteiger partial charge on any atom is -0.350 e. The number of rotatable bonds is 6. The standard InChI is InChI=1S/C23H28Cl2N2O2/c1-15-9-6-7-10-17(15)14-27(16(2)22(29)26-23(3,4)5)21(28)13-18-19(24)11-8-12-20(18)25/h6-12,16H,13-14H2,1-5H3,(H,26,29). The highest BCUT2D eigenvalue weighted by Gasteiger charge is 2.29. The van der Waals surface area contributed by atoms with Gasteiger partial charge in [-0.2, -0.15) is 0 Å². The van der Waals surface area contributed by atoms with Gasteiger partial charge < -0.3 is 10.2 Å². The van der Waals surface area contributed by atoms with Gasteiger partial charge in [-0.1, -0.05) is 53.5 Å². The SMILES string of the molecule is Cc1ccccc1CN(C(=O)Cc1c(Cl)cccc1Cl)C(C)C(=O)NC(C)(C)C. The van der Waals surface area contributed by atoms with Crippen LogP contribution in [0.1, 0.15) is 44.4 Å². The lowest BCUT2D eigenvalue weighted by Gasteiger charge is -2.32. The zero-order valence-corrected chi connectivity index (χ0v) is 19.1. The van der Waals surface area contributed by atoms with Crippen LogP contribution in [-0.2, 0) is 22.6 Å². The van der Waals surface area contributed by atoms with E-state index >= 15 is 0 Å². The summed E-state index contributed by atoms with van der Waals surface area (Å²) in [5.41, 5.74) is 2.22. The second-order valence-electron chi connectivity index (χ2n) is 8.24. The highest BCUT2D eigenvalue weighted by molar-refractivity contribution is 6.36. The Morgan fingerprint density at radius 3 is 2.17 bits per heavy atom. The zero-order valence-electron chi connectivity index (χ0n) is 17.6. The summed E-state index contributed by atoms with van der Waals surface area (Å²) in [5.74, 6) is -0.412. The van der Waals surface area contributed by atoms with Crippen LogP contribution in [0.25, 0.3) is 0 Å². The van der Waals surface area contributed by atoms with Crippen molar-refractivity contribution in [3.05, 3.63) is 69.2 Å². The maximum atomic E-state index is 13.3. The van der Waals surface area contributed by atoms with Gasteiger partial charge in [0.15, 0.2) is 0 Å². The molecule has 0 aliphatic carbocycles. The number of aryl methyl sites for hydroxylation is 1. The van der Waals surface area contributed by atoms with Crippen LogP contribution in [0.4, 0.5) is 0 Å². The van der Waals surface area contributed by atoms with Crippen molar-refractivity contribution in [1.82, 2.24) is 10.2 Å². The molecule has 0 saturated carbocycles. The van der Waals surface area contributed by atoms with E-state index in [9.17, 15) is 9.59 Å². The Labute approximate surface area is 183 Å². The number of amides is 2. The van der Waals surface area contributed by atoms with Gasteiger partial charge in [0.2, 0.25) is 11.8 Å². The number of hydrogen-bond donors (Lipinski definition) is 1. The summed E-state index contributed by atoms with van der Waals surface area (Å²) in [5, 5.41) is 3.83. The predicted octanol–water partition coefficient (Wildman–Crippen LogP) is 5.18. The molecule has 29 heavy (non-hydrogen) atoms. The third-order valence-electron chi connectivity index (χ3n) is 4.66. The Morgan fingerprint density at radius 2 is 1.62 bits per heavy atom. The second-order valence-corrected chi connectivity index (χ2v) is 9.05. The van der Waals surface area contributed by atoms with Crippen molar-refractivity contribution in [2.45, 2.75) is 59.2 Å². The Balaban J connectivity index is 2.34. The van der Waals surface area contributed by atoms with E-state index in [4.69, 9.17) is 23.2 Å². The van der Waals surface area contributed by atoms with Crippen molar-refractivity contribution in [3.8, 4) is 0 Å². The Bertz CT molecular complexity index is 870. The minimum absolute atomic E-state index is 0.0253. The van der Waals surface area contributed by atoms with E-state index in [0.717, 1.165) is 11.1 Å². The fourth-order valence-corrected chi connectivity index (χ4v) is 3.51. The van der Waals surface area contributed by atoms with Crippen LogP contribution < -0.4 is 5.32 Å². The first-order valence-electron chi connectivity index (χ1n) is 9.58. The third kappa shape index (κ3) is 6.48. The highest BCUT2D eigenvalue weighted by Crippen LogP contribution is 2.26. The fourth-order valence-electron chi connectivity index (χ4n) is 2.98. The topological polar surface area (TPSA) is 49.4 Å². The number of nitrogens with zero attached hydrogens (tertiary/aromatic N) is 1. The third-order valence-corrected chi connectivity index (χ3v) is 5.37. The Morgan fingerprint density at radius 1 is 1.03 bits per heavy atom. The molecule has 0 bridgehead atoms. The summed E-state index contributed by atoms with van der Waals surface area (Å²) in [4.78, 5) is 27.7. The molecular weight excluding hydrogens is 407 g/mol. The van der Waals surface area contributed by atoms with Gasteiger partial charge in [0.25, 0.3) is 0 Å². The summed E-state index contributed by atoms with van der Waals surface area (Å²) in [6.07, 6.45) is 0.0253. The molecule has 0 aromatic heterocycles. The van der Waals surface area contributed by atoms with Crippen molar-refractivity contribution in [2.75, 3.05) is 0 Å². The van der Waals surface area contributed by atoms with E-state index in [0.29, 0.717) is 22.2 Å². The van der Waals surface area contributed by atoms with Gasteiger partial charge in [0.05, 0.1) is 6.42 Å². The lowest BCUT2D eigenvalue weighted by Crippen LogP contribution is -2.52. The van der Waals surface area contributed by atoms with Crippen LogP contribution in [0, 0.1) is 6.92 Å². The second kappa shape index (κ2) is 9.64. The van der Waals surface area contributed by atoms with Crippen molar-refractivity contribution >= 4 is 35.0 Å². The molecule has 1 unspecified atom stereocenters. The van der Waals surface area contributed by atoms with E-state index in [1.165, 1.54) is 0 Å². The van der Waals surface area contributed by atoms with Gasteiger partial charge >= 0.3 is 0 Å². The van der Waals surface area contributed by atoms with Crippen LogP contribution >= 0.6 is 23.2 Å². The molecule has 2 aromatic carbocycles. The molecule has 1 atom stereocenters. The van der Waals surface area contributed by atoms with Crippen molar-refractivity contribution in [2.24, 2.45) is 0 Å². The first-order chi connectivity index (χ1) is 13.5. The molecule has 2 amide bonds. The summed E-state index contributed by atoms with van der Waals surface area (Å²) in [6, 6.07) is 12.3. The van der Waals surface area contributed by atoms with E-state index < -0.39 is 11.6 Å². The summed E-state index contributed by atoms with van der Waals surface area (Å²) < 4.78 is 0. The first-order valence-corrected chi connectivity index (χ1v) is 10.3. The zero-order chi connectivity index (χ0) is 21.8. The number of carbonyl (C=O) groups excluding carboxylic acids is 2. The molecule has 0 spiro atoms. The molecule has 0 aliphatic heterocycles. The number of nitrogens with one attached hydrogen (secondary N) is 1. The van der Waals surface area contributed by atoms with E-state index in [-0.39, 0.29) is 18.2 Å². The molecule has 0 heterocycles. The van der Waals surface area contributed by atoms with Crippen LogP contribution in [0.2, 0.25) is 10.0 Å². The quantitative estimate of drug-likeness (QED) is 0.680. The lowest BCUT2D eigenvalue weighted by atomic mass is 10.0. The average Bonchev–Trinajstić information content (AvgIpc) is 2.62.